The molecule has 2 aromatic heterocycles. The van der Waals surface area contributed by atoms with Gasteiger partial charge in [-0.2, -0.15) is 4.98 Å². The van der Waals surface area contributed by atoms with Gasteiger partial charge in [0, 0.05) is 16.6 Å². The first-order valence-corrected chi connectivity index (χ1v) is 6.32. The Hall–Kier alpha value is -1.43. The van der Waals surface area contributed by atoms with Crippen molar-refractivity contribution in [2.45, 2.75) is 39.7 Å². The van der Waals surface area contributed by atoms with Crippen LogP contribution in [0.5, 0.6) is 0 Å². The average molecular weight is 252 g/mol. The Kier molecular flexibility index (Phi) is 3.15. The molecule has 0 amide bonds. The maximum absolute atomic E-state index is 5.12. The topological polar surface area (TPSA) is 63.8 Å². The van der Waals surface area contributed by atoms with E-state index in [0.29, 0.717) is 18.3 Å². The summed E-state index contributed by atoms with van der Waals surface area (Å²) in [5.74, 6) is 0.658. The predicted octanol–water partition coefficient (Wildman–Crippen LogP) is 2.64. The molecular weight excluding hydrogens is 236 g/mol. The molecule has 0 aromatic carbocycles. The summed E-state index contributed by atoms with van der Waals surface area (Å²) in [6, 6.07) is 0.459. The summed E-state index contributed by atoms with van der Waals surface area (Å²) >= 11 is 1.61. The Labute approximate surface area is 104 Å². The van der Waals surface area contributed by atoms with E-state index in [4.69, 9.17) is 4.52 Å². The highest BCUT2D eigenvalue weighted by atomic mass is 32.1. The van der Waals surface area contributed by atoms with Gasteiger partial charge in [-0.1, -0.05) is 5.16 Å². The fourth-order valence-electron chi connectivity index (χ4n) is 1.32. The van der Waals surface area contributed by atoms with Gasteiger partial charge in [-0.25, -0.2) is 4.98 Å². The van der Waals surface area contributed by atoms with E-state index >= 15 is 0 Å². The monoisotopic (exact) mass is 252 g/mol. The van der Waals surface area contributed by atoms with Crippen LogP contribution in [0.3, 0.4) is 0 Å². The third-order valence-electron chi connectivity index (χ3n) is 1.93. The standard InChI is InChI=1S/C11H16N4OS/c1-7-6-17-9(12-7)5-8-13-10(16-15-8)14-11(2,3)4/h6H,5H2,1-4H3,(H,13,14,15). The zero-order valence-electron chi connectivity index (χ0n) is 10.4. The highest BCUT2D eigenvalue weighted by Crippen LogP contribution is 2.15. The quantitative estimate of drug-likeness (QED) is 0.909. The lowest BCUT2D eigenvalue weighted by Crippen LogP contribution is -2.26. The molecular formula is C11H16N4OS. The van der Waals surface area contributed by atoms with Crippen LogP contribution in [0.2, 0.25) is 0 Å². The Morgan fingerprint density at radius 1 is 1.35 bits per heavy atom. The van der Waals surface area contributed by atoms with E-state index in [2.05, 4.69) is 20.4 Å². The minimum Gasteiger partial charge on any atom is -0.333 e. The number of hydrogen-bond donors (Lipinski definition) is 1. The van der Waals surface area contributed by atoms with E-state index in [1.54, 1.807) is 11.3 Å². The molecule has 6 heteroatoms. The summed E-state index contributed by atoms with van der Waals surface area (Å²) in [5, 5.41) is 10.1. The summed E-state index contributed by atoms with van der Waals surface area (Å²) in [7, 11) is 0. The molecule has 0 saturated carbocycles. The van der Waals surface area contributed by atoms with Crippen molar-refractivity contribution in [1.29, 1.82) is 0 Å². The normalized spacial score (nSPS) is 11.8. The summed E-state index contributed by atoms with van der Waals surface area (Å²) < 4.78 is 5.12. The number of aromatic nitrogens is 3. The minimum absolute atomic E-state index is 0.0818. The maximum atomic E-state index is 5.12. The average Bonchev–Trinajstić information content (AvgIpc) is 2.74. The molecule has 0 bridgehead atoms. The number of anilines is 1. The van der Waals surface area contributed by atoms with E-state index < -0.39 is 0 Å². The summed E-state index contributed by atoms with van der Waals surface area (Å²) in [5.41, 5.74) is 0.947. The second-order valence-corrected chi connectivity index (χ2v) is 5.89. The Morgan fingerprint density at radius 3 is 2.71 bits per heavy atom. The van der Waals surface area contributed by atoms with Gasteiger partial charge in [-0.3, -0.25) is 0 Å². The van der Waals surface area contributed by atoms with E-state index in [1.165, 1.54) is 0 Å². The van der Waals surface area contributed by atoms with Crippen molar-refractivity contribution >= 4 is 17.4 Å². The molecule has 17 heavy (non-hydrogen) atoms. The number of thiazole rings is 1. The first-order valence-electron chi connectivity index (χ1n) is 5.44. The van der Waals surface area contributed by atoms with Crippen LogP contribution in [-0.2, 0) is 6.42 Å². The molecule has 0 unspecified atom stereocenters. The van der Waals surface area contributed by atoms with Crippen LogP contribution >= 0.6 is 11.3 Å². The summed E-state index contributed by atoms with van der Waals surface area (Å²) in [6.45, 7) is 8.10. The molecule has 0 aliphatic carbocycles. The van der Waals surface area contributed by atoms with Crippen molar-refractivity contribution in [2.75, 3.05) is 5.32 Å². The van der Waals surface area contributed by atoms with Crippen molar-refractivity contribution in [1.82, 2.24) is 15.1 Å². The molecule has 1 N–H and O–H groups in total. The lowest BCUT2D eigenvalue weighted by molar-refractivity contribution is 0.413. The highest BCUT2D eigenvalue weighted by Gasteiger charge is 2.15. The summed E-state index contributed by atoms with van der Waals surface area (Å²) in [4.78, 5) is 8.64. The van der Waals surface area contributed by atoms with Crippen LogP contribution in [0.4, 0.5) is 6.01 Å². The predicted molar refractivity (Wildman–Crippen MR) is 67.3 cm³/mol. The second kappa shape index (κ2) is 4.44. The van der Waals surface area contributed by atoms with Gasteiger partial charge in [-0.15, -0.1) is 11.3 Å². The van der Waals surface area contributed by atoms with Crippen LogP contribution in [0, 0.1) is 6.92 Å². The van der Waals surface area contributed by atoms with Crippen LogP contribution in [0.25, 0.3) is 0 Å². The van der Waals surface area contributed by atoms with Gasteiger partial charge in [-0.05, 0) is 27.7 Å². The third kappa shape index (κ3) is 3.52. The molecule has 5 nitrogen and oxygen atoms in total. The third-order valence-corrected chi connectivity index (χ3v) is 2.89. The molecule has 0 aliphatic rings. The molecule has 2 heterocycles. The van der Waals surface area contributed by atoms with Crippen molar-refractivity contribution in [3.63, 3.8) is 0 Å². The number of hydrogen-bond acceptors (Lipinski definition) is 6. The molecule has 0 radical (unpaired) electrons. The van der Waals surface area contributed by atoms with Gasteiger partial charge in [0.05, 0.1) is 6.42 Å². The van der Waals surface area contributed by atoms with Crippen molar-refractivity contribution in [2.24, 2.45) is 0 Å². The Morgan fingerprint density at radius 2 is 2.12 bits per heavy atom. The fraction of sp³-hybridized carbons (Fsp3) is 0.545. The van der Waals surface area contributed by atoms with E-state index in [9.17, 15) is 0 Å². The molecule has 0 spiro atoms. The van der Waals surface area contributed by atoms with Crippen molar-refractivity contribution < 1.29 is 4.52 Å². The molecule has 0 atom stereocenters. The van der Waals surface area contributed by atoms with Crippen LogP contribution in [0.15, 0.2) is 9.90 Å². The van der Waals surface area contributed by atoms with Crippen molar-refractivity contribution in [3.8, 4) is 0 Å². The Balaban J connectivity index is 2.03. The molecule has 0 fully saturated rings. The lowest BCUT2D eigenvalue weighted by atomic mass is 10.1. The van der Waals surface area contributed by atoms with E-state index in [-0.39, 0.29) is 5.54 Å². The van der Waals surface area contributed by atoms with E-state index in [1.807, 2.05) is 33.1 Å². The van der Waals surface area contributed by atoms with Crippen LogP contribution < -0.4 is 5.32 Å². The minimum atomic E-state index is -0.0818. The maximum Gasteiger partial charge on any atom is 0.321 e. The second-order valence-electron chi connectivity index (χ2n) is 4.95. The molecule has 0 aliphatic heterocycles. The number of nitrogens with zero attached hydrogens (tertiary/aromatic N) is 3. The van der Waals surface area contributed by atoms with Crippen LogP contribution in [-0.4, -0.2) is 20.7 Å². The molecule has 0 saturated heterocycles. The molecule has 92 valence electrons. The first-order chi connectivity index (χ1) is 7.92. The smallest absolute Gasteiger partial charge is 0.321 e. The van der Waals surface area contributed by atoms with Crippen LogP contribution in [0.1, 0.15) is 37.3 Å². The zero-order valence-corrected chi connectivity index (χ0v) is 11.3. The van der Waals surface area contributed by atoms with Gasteiger partial charge in [0.15, 0.2) is 5.82 Å². The first kappa shape index (κ1) is 12.0. The number of rotatable bonds is 3. The lowest BCUT2D eigenvalue weighted by Gasteiger charge is -2.17. The van der Waals surface area contributed by atoms with Gasteiger partial charge < -0.3 is 9.84 Å². The summed E-state index contributed by atoms with van der Waals surface area (Å²) in [6.07, 6.45) is 0.619. The fourth-order valence-corrected chi connectivity index (χ4v) is 2.08. The zero-order chi connectivity index (χ0) is 12.5. The molecule has 2 aromatic rings. The van der Waals surface area contributed by atoms with Crippen molar-refractivity contribution in [3.05, 3.63) is 21.9 Å². The number of aryl methyl sites for hydroxylation is 1. The molecule has 2 rings (SSSR count). The number of nitrogens with one attached hydrogen (secondary N) is 1. The largest absolute Gasteiger partial charge is 0.333 e. The van der Waals surface area contributed by atoms with Gasteiger partial charge in [0.25, 0.3) is 0 Å². The Bertz CT molecular complexity index is 498. The van der Waals surface area contributed by atoms with E-state index in [0.717, 1.165) is 10.7 Å². The van der Waals surface area contributed by atoms with Gasteiger partial charge >= 0.3 is 6.01 Å². The highest BCUT2D eigenvalue weighted by molar-refractivity contribution is 7.09. The SMILES string of the molecule is Cc1csc(Cc2noc(NC(C)(C)C)n2)n1. The van der Waals surface area contributed by atoms with Gasteiger partial charge in [0.2, 0.25) is 0 Å². The van der Waals surface area contributed by atoms with Gasteiger partial charge in [0.1, 0.15) is 5.01 Å².